The normalized spacial score (nSPS) is 18.8. The zero-order valence-electron chi connectivity index (χ0n) is 8.73. The van der Waals surface area contributed by atoms with Crippen molar-refractivity contribution in [3.63, 3.8) is 0 Å². The lowest BCUT2D eigenvalue weighted by molar-refractivity contribution is 0.466. The van der Waals surface area contributed by atoms with E-state index in [-0.39, 0.29) is 0 Å². The molecule has 0 spiro atoms. The van der Waals surface area contributed by atoms with Crippen LogP contribution in [0.4, 0.5) is 0 Å². The van der Waals surface area contributed by atoms with Crippen molar-refractivity contribution >= 4 is 0 Å². The van der Waals surface area contributed by atoms with Crippen molar-refractivity contribution in [1.29, 1.82) is 0 Å². The van der Waals surface area contributed by atoms with Crippen LogP contribution in [0, 0.1) is 11.8 Å². The molecule has 0 bridgehead atoms. The molecule has 1 N–H and O–H groups in total. The van der Waals surface area contributed by atoms with Crippen molar-refractivity contribution in [2.45, 2.75) is 57.9 Å². The molecule has 0 aromatic carbocycles. The van der Waals surface area contributed by atoms with Crippen LogP contribution in [-0.4, -0.2) is 12.6 Å². The maximum Gasteiger partial charge on any atom is 0.0214 e. The van der Waals surface area contributed by atoms with Gasteiger partial charge in [-0.2, -0.15) is 0 Å². The molecule has 13 heavy (non-hydrogen) atoms. The molecule has 0 aromatic heterocycles. The van der Waals surface area contributed by atoms with Gasteiger partial charge in [0.2, 0.25) is 0 Å². The van der Waals surface area contributed by atoms with Crippen molar-refractivity contribution in [2.75, 3.05) is 6.54 Å². The van der Waals surface area contributed by atoms with Crippen molar-refractivity contribution in [2.24, 2.45) is 0 Å². The van der Waals surface area contributed by atoms with Crippen LogP contribution in [0.25, 0.3) is 0 Å². The van der Waals surface area contributed by atoms with E-state index in [1.807, 2.05) is 6.92 Å². The van der Waals surface area contributed by atoms with Crippen LogP contribution in [0.15, 0.2) is 0 Å². The fourth-order valence-electron chi connectivity index (χ4n) is 1.95. The lowest BCUT2D eigenvalue weighted by Crippen LogP contribution is -2.29. The molecule has 1 aliphatic carbocycles. The van der Waals surface area contributed by atoms with Gasteiger partial charge >= 0.3 is 0 Å². The Kier molecular flexibility index (Phi) is 5.69. The van der Waals surface area contributed by atoms with Crippen LogP contribution in [0.2, 0.25) is 0 Å². The minimum Gasteiger partial charge on any atom is -0.313 e. The van der Waals surface area contributed by atoms with E-state index < -0.39 is 0 Å². The Balaban J connectivity index is 2.07. The summed E-state index contributed by atoms with van der Waals surface area (Å²) in [4.78, 5) is 0. The Labute approximate surface area is 82.3 Å². The Morgan fingerprint density at radius 3 is 2.46 bits per heavy atom. The van der Waals surface area contributed by atoms with Gasteiger partial charge in [-0.1, -0.05) is 25.7 Å². The van der Waals surface area contributed by atoms with Crippen molar-refractivity contribution in [3.8, 4) is 11.8 Å². The maximum absolute atomic E-state index is 3.59. The second kappa shape index (κ2) is 6.97. The molecule has 0 aliphatic heterocycles. The molecule has 0 aromatic rings. The van der Waals surface area contributed by atoms with Gasteiger partial charge in [-0.05, 0) is 19.8 Å². The SMILES string of the molecule is CC#CCCNC1CCCCCC1. The highest BCUT2D eigenvalue weighted by atomic mass is 14.9. The topological polar surface area (TPSA) is 12.0 Å². The van der Waals surface area contributed by atoms with E-state index in [0.717, 1.165) is 19.0 Å². The summed E-state index contributed by atoms with van der Waals surface area (Å²) in [6, 6.07) is 0.779. The van der Waals surface area contributed by atoms with Gasteiger partial charge in [0.1, 0.15) is 0 Å². The van der Waals surface area contributed by atoms with Crippen molar-refractivity contribution in [1.82, 2.24) is 5.32 Å². The summed E-state index contributed by atoms with van der Waals surface area (Å²) in [5.41, 5.74) is 0. The molecule has 1 nitrogen and oxygen atoms in total. The molecule has 0 radical (unpaired) electrons. The summed E-state index contributed by atoms with van der Waals surface area (Å²) in [5, 5.41) is 3.59. The molecule has 0 saturated heterocycles. The minimum absolute atomic E-state index is 0.779. The summed E-state index contributed by atoms with van der Waals surface area (Å²) in [6.07, 6.45) is 9.46. The van der Waals surface area contributed by atoms with Gasteiger partial charge in [0.25, 0.3) is 0 Å². The molecule has 0 unspecified atom stereocenters. The highest BCUT2D eigenvalue weighted by Crippen LogP contribution is 2.16. The average Bonchev–Trinajstić information content (AvgIpc) is 2.41. The maximum atomic E-state index is 3.59. The largest absolute Gasteiger partial charge is 0.313 e. The van der Waals surface area contributed by atoms with Crippen molar-refractivity contribution < 1.29 is 0 Å². The number of nitrogens with one attached hydrogen (secondary N) is 1. The Morgan fingerprint density at radius 2 is 1.85 bits per heavy atom. The molecule has 1 fully saturated rings. The lowest BCUT2D eigenvalue weighted by atomic mass is 10.1. The van der Waals surface area contributed by atoms with Gasteiger partial charge in [-0.25, -0.2) is 0 Å². The third-order valence-corrected chi connectivity index (χ3v) is 2.71. The first-order valence-electron chi connectivity index (χ1n) is 5.56. The van der Waals surface area contributed by atoms with E-state index in [1.54, 1.807) is 0 Å². The molecule has 1 rings (SSSR count). The standard InChI is InChI=1S/C12H21N/c1-2-3-8-11-13-12-9-6-4-5-7-10-12/h12-13H,4-11H2,1H3. The number of rotatable bonds is 3. The summed E-state index contributed by atoms with van der Waals surface area (Å²) in [5.74, 6) is 6.02. The second-order valence-corrected chi connectivity index (χ2v) is 3.82. The quantitative estimate of drug-likeness (QED) is 0.399. The summed E-state index contributed by atoms with van der Waals surface area (Å²) in [7, 11) is 0. The zero-order valence-corrected chi connectivity index (χ0v) is 8.73. The Bertz CT molecular complexity index is 167. The Hall–Kier alpha value is -0.480. The highest BCUT2D eigenvalue weighted by molar-refractivity contribution is 4.95. The fourth-order valence-corrected chi connectivity index (χ4v) is 1.95. The third-order valence-electron chi connectivity index (χ3n) is 2.71. The highest BCUT2D eigenvalue weighted by Gasteiger charge is 2.10. The van der Waals surface area contributed by atoms with Crippen LogP contribution in [0.1, 0.15) is 51.9 Å². The van der Waals surface area contributed by atoms with Gasteiger partial charge in [-0.3, -0.25) is 0 Å². The van der Waals surface area contributed by atoms with Gasteiger partial charge in [0, 0.05) is 19.0 Å². The van der Waals surface area contributed by atoms with Gasteiger partial charge in [0.15, 0.2) is 0 Å². The van der Waals surface area contributed by atoms with E-state index in [4.69, 9.17) is 0 Å². The molecular weight excluding hydrogens is 158 g/mol. The van der Waals surface area contributed by atoms with Gasteiger partial charge in [-0.15, -0.1) is 11.8 Å². The molecule has 0 heterocycles. The minimum atomic E-state index is 0.779. The first-order chi connectivity index (χ1) is 6.43. The van der Waals surface area contributed by atoms with E-state index >= 15 is 0 Å². The zero-order chi connectivity index (χ0) is 9.36. The monoisotopic (exact) mass is 179 g/mol. The van der Waals surface area contributed by atoms with Crippen LogP contribution in [-0.2, 0) is 0 Å². The molecule has 0 atom stereocenters. The third kappa shape index (κ3) is 4.95. The van der Waals surface area contributed by atoms with Crippen LogP contribution in [0.5, 0.6) is 0 Å². The molecule has 1 saturated carbocycles. The Morgan fingerprint density at radius 1 is 1.15 bits per heavy atom. The number of hydrogen-bond donors (Lipinski definition) is 1. The second-order valence-electron chi connectivity index (χ2n) is 3.82. The fraction of sp³-hybridized carbons (Fsp3) is 0.833. The summed E-state index contributed by atoms with van der Waals surface area (Å²) < 4.78 is 0. The first kappa shape index (κ1) is 10.6. The molecular formula is C12H21N. The predicted octanol–water partition coefficient (Wildman–Crippen LogP) is 2.71. The first-order valence-corrected chi connectivity index (χ1v) is 5.56. The van der Waals surface area contributed by atoms with Crippen LogP contribution in [0.3, 0.4) is 0 Å². The molecule has 1 aliphatic rings. The van der Waals surface area contributed by atoms with E-state index in [1.165, 1.54) is 38.5 Å². The predicted molar refractivity (Wildman–Crippen MR) is 57.6 cm³/mol. The van der Waals surface area contributed by atoms with Crippen LogP contribution >= 0.6 is 0 Å². The lowest BCUT2D eigenvalue weighted by Gasteiger charge is -2.14. The van der Waals surface area contributed by atoms with Gasteiger partial charge in [0.05, 0.1) is 0 Å². The van der Waals surface area contributed by atoms with Gasteiger partial charge < -0.3 is 5.32 Å². The van der Waals surface area contributed by atoms with Crippen LogP contribution < -0.4 is 5.32 Å². The average molecular weight is 179 g/mol. The summed E-state index contributed by atoms with van der Waals surface area (Å²) in [6.45, 7) is 2.98. The van der Waals surface area contributed by atoms with E-state index in [2.05, 4.69) is 17.2 Å². The number of hydrogen-bond acceptors (Lipinski definition) is 1. The summed E-state index contributed by atoms with van der Waals surface area (Å²) >= 11 is 0. The molecule has 74 valence electrons. The molecule has 1 heteroatoms. The van der Waals surface area contributed by atoms with Crippen molar-refractivity contribution in [3.05, 3.63) is 0 Å². The van der Waals surface area contributed by atoms with E-state index in [0.29, 0.717) is 0 Å². The smallest absolute Gasteiger partial charge is 0.0214 e. The van der Waals surface area contributed by atoms with E-state index in [9.17, 15) is 0 Å². The molecule has 0 amide bonds.